The van der Waals surface area contributed by atoms with Gasteiger partial charge in [0.2, 0.25) is 5.82 Å². The van der Waals surface area contributed by atoms with Crippen LogP contribution in [0.3, 0.4) is 0 Å². The van der Waals surface area contributed by atoms with E-state index in [1.165, 1.54) is 4.68 Å². The third-order valence-electron chi connectivity index (χ3n) is 3.39. The van der Waals surface area contributed by atoms with Gasteiger partial charge in [-0.05, 0) is 25.5 Å². The number of hydrogen-bond acceptors (Lipinski definition) is 4. The van der Waals surface area contributed by atoms with Crippen molar-refractivity contribution in [3.05, 3.63) is 39.9 Å². The van der Waals surface area contributed by atoms with Crippen LogP contribution >= 0.6 is 35.6 Å². The van der Waals surface area contributed by atoms with Gasteiger partial charge in [-0.15, -0.1) is 17.5 Å². The highest BCUT2D eigenvalue weighted by atomic mass is 35.5. The summed E-state index contributed by atoms with van der Waals surface area (Å²) in [5, 5.41) is 7.97. The number of rotatable bonds is 6. The number of halogens is 3. The number of hydrogen-bond donors (Lipinski definition) is 2. The van der Waals surface area contributed by atoms with Gasteiger partial charge in [-0.1, -0.05) is 43.1 Å². The Bertz CT molecular complexity index is 710. The summed E-state index contributed by atoms with van der Waals surface area (Å²) < 4.78 is 1.54. The molecule has 0 saturated heterocycles. The van der Waals surface area contributed by atoms with E-state index in [0.29, 0.717) is 34.5 Å². The number of nitrogens with two attached hydrogens (primary N) is 1. The lowest BCUT2D eigenvalue weighted by Crippen LogP contribution is -2.29. The van der Waals surface area contributed by atoms with Crippen molar-refractivity contribution in [2.24, 2.45) is 5.73 Å². The van der Waals surface area contributed by atoms with Gasteiger partial charge in [0.05, 0.1) is 10.0 Å². The average Bonchev–Trinajstić information content (AvgIpc) is 2.91. The molecule has 0 spiro atoms. The van der Waals surface area contributed by atoms with Crippen molar-refractivity contribution in [3.63, 3.8) is 0 Å². The molecule has 2 aromatic rings. The van der Waals surface area contributed by atoms with Crippen molar-refractivity contribution in [3.8, 4) is 5.69 Å². The zero-order valence-corrected chi connectivity index (χ0v) is 16.6. The Morgan fingerprint density at radius 3 is 2.40 bits per heavy atom. The number of nitrogens with zero attached hydrogens (tertiary/aromatic N) is 3. The summed E-state index contributed by atoms with van der Waals surface area (Å²) in [4.78, 5) is 16.6. The Kier molecular flexibility index (Phi) is 8.15. The zero-order chi connectivity index (χ0) is 17.9. The summed E-state index contributed by atoms with van der Waals surface area (Å²) in [5.74, 6) is 0.386. The van der Waals surface area contributed by atoms with Crippen LogP contribution in [0, 0.1) is 0 Å². The van der Waals surface area contributed by atoms with Crippen molar-refractivity contribution in [2.45, 2.75) is 39.2 Å². The van der Waals surface area contributed by atoms with Gasteiger partial charge in [-0.3, -0.25) is 4.79 Å². The molecule has 0 aliphatic rings. The molecule has 0 radical (unpaired) electrons. The van der Waals surface area contributed by atoms with Crippen LogP contribution in [0.25, 0.3) is 5.69 Å². The van der Waals surface area contributed by atoms with E-state index in [9.17, 15) is 4.79 Å². The lowest BCUT2D eigenvalue weighted by molar-refractivity contribution is 0.0942. The first-order valence-electron chi connectivity index (χ1n) is 7.76. The van der Waals surface area contributed by atoms with E-state index in [4.69, 9.17) is 28.9 Å². The first-order valence-corrected chi connectivity index (χ1v) is 8.52. The number of aromatic nitrogens is 3. The molecular formula is C16H22Cl3N5O. The highest BCUT2D eigenvalue weighted by Gasteiger charge is 2.22. The molecule has 0 saturated carbocycles. The minimum atomic E-state index is -0.348. The third-order valence-corrected chi connectivity index (χ3v) is 4.00. The highest BCUT2D eigenvalue weighted by Crippen LogP contribution is 2.30. The standard InChI is InChI=1S/C16H21Cl2N5O.ClH/c1-9(2)15-21-14(16(24)20-8-7-10(3)19)22-23(15)13-11(17)5-4-6-12(13)18;/h4-6,9-10H,7-8,19H2,1-3H3,(H,20,24);1H. The van der Waals surface area contributed by atoms with Crippen LogP contribution in [0.1, 0.15) is 49.6 Å². The first-order chi connectivity index (χ1) is 11.3. The SMILES string of the molecule is CC(N)CCNC(=O)c1nc(C(C)C)n(-c2c(Cl)cccc2Cl)n1.Cl. The molecule has 0 fully saturated rings. The second kappa shape index (κ2) is 9.38. The van der Waals surface area contributed by atoms with Gasteiger partial charge >= 0.3 is 0 Å². The number of para-hydroxylation sites is 1. The third kappa shape index (κ3) is 5.31. The number of carbonyl (C=O) groups excluding carboxylic acids is 1. The van der Waals surface area contributed by atoms with Crippen molar-refractivity contribution >= 4 is 41.5 Å². The summed E-state index contributed by atoms with van der Waals surface area (Å²) in [6, 6.07) is 5.21. The number of carbonyl (C=O) groups is 1. The maximum Gasteiger partial charge on any atom is 0.290 e. The fourth-order valence-electron chi connectivity index (χ4n) is 2.14. The van der Waals surface area contributed by atoms with Gasteiger partial charge in [0.15, 0.2) is 0 Å². The van der Waals surface area contributed by atoms with Crippen LogP contribution in [0.15, 0.2) is 18.2 Å². The average molecular weight is 407 g/mol. The van der Waals surface area contributed by atoms with E-state index in [2.05, 4.69) is 15.4 Å². The second-order valence-corrected chi connectivity index (χ2v) is 6.77. The maximum atomic E-state index is 12.3. The molecule has 6 nitrogen and oxygen atoms in total. The molecule has 9 heteroatoms. The molecule has 1 amide bonds. The van der Waals surface area contributed by atoms with Crippen LogP contribution in [-0.2, 0) is 0 Å². The Morgan fingerprint density at radius 2 is 1.88 bits per heavy atom. The predicted molar refractivity (Wildman–Crippen MR) is 103 cm³/mol. The number of nitrogens with one attached hydrogen (secondary N) is 1. The molecule has 0 aliphatic heterocycles. The summed E-state index contributed by atoms with van der Waals surface area (Å²) in [5.41, 5.74) is 6.20. The van der Waals surface area contributed by atoms with E-state index in [1.807, 2.05) is 20.8 Å². The summed E-state index contributed by atoms with van der Waals surface area (Å²) >= 11 is 12.5. The van der Waals surface area contributed by atoms with E-state index in [-0.39, 0.29) is 36.1 Å². The first kappa shape index (κ1) is 21.7. The van der Waals surface area contributed by atoms with Crippen LogP contribution in [0.2, 0.25) is 10.0 Å². The molecule has 0 aliphatic carbocycles. The van der Waals surface area contributed by atoms with Crippen molar-refractivity contribution < 1.29 is 4.79 Å². The van der Waals surface area contributed by atoms with Crippen molar-refractivity contribution in [1.82, 2.24) is 20.1 Å². The van der Waals surface area contributed by atoms with E-state index < -0.39 is 0 Å². The van der Waals surface area contributed by atoms with Gasteiger partial charge < -0.3 is 11.1 Å². The molecule has 2 rings (SSSR count). The van der Waals surface area contributed by atoms with Crippen molar-refractivity contribution in [2.75, 3.05) is 6.54 Å². The van der Waals surface area contributed by atoms with Gasteiger partial charge in [0.25, 0.3) is 5.91 Å². The monoisotopic (exact) mass is 405 g/mol. The van der Waals surface area contributed by atoms with Crippen LogP contribution in [0.5, 0.6) is 0 Å². The fourth-order valence-corrected chi connectivity index (χ4v) is 2.70. The van der Waals surface area contributed by atoms with Crippen LogP contribution in [0.4, 0.5) is 0 Å². The van der Waals surface area contributed by atoms with Gasteiger partial charge in [0, 0.05) is 18.5 Å². The van der Waals surface area contributed by atoms with Gasteiger partial charge in [0.1, 0.15) is 11.5 Å². The molecule has 1 unspecified atom stereocenters. The molecule has 1 aromatic heterocycles. The Balaban J connectivity index is 0.00000312. The quantitative estimate of drug-likeness (QED) is 0.767. The lowest BCUT2D eigenvalue weighted by Gasteiger charge is -2.11. The lowest BCUT2D eigenvalue weighted by atomic mass is 10.2. The summed E-state index contributed by atoms with van der Waals surface area (Å²) in [6.45, 7) is 6.27. The Hall–Kier alpha value is -1.34. The molecule has 1 atom stereocenters. The molecule has 3 N–H and O–H groups in total. The molecule has 0 bridgehead atoms. The zero-order valence-electron chi connectivity index (χ0n) is 14.3. The summed E-state index contributed by atoms with van der Waals surface area (Å²) in [6.07, 6.45) is 0.680. The Labute approximate surface area is 163 Å². The number of benzene rings is 1. The number of amides is 1. The normalized spacial score (nSPS) is 12.0. The second-order valence-electron chi connectivity index (χ2n) is 5.95. The van der Waals surface area contributed by atoms with Crippen LogP contribution < -0.4 is 11.1 Å². The molecule has 25 heavy (non-hydrogen) atoms. The smallest absolute Gasteiger partial charge is 0.290 e. The molecule has 1 aromatic carbocycles. The molecular weight excluding hydrogens is 385 g/mol. The van der Waals surface area contributed by atoms with E-state index in [0.717, 1.165) is 0 Å². The minimum absolute atomic E-state index is 0. The minimum Gasteiger partial charge on any atom is -0.349 e. The largest absolute Gasteiger partial charge is 0.349 e. The molecule has 1 heterocycles. The van der Waals surface area contributed by atoms with E-state index >= 15 is 0 Å². The van der Waals surface area contributed by atoms with Crippen molar-refractivity contribution in [1.29, 1.82) is 0 Å². The predicted octanol–water partition coefficient (Wildman–Crippen LogP) is 3.59. The summed E-state index contributed by atoms with van der Waals surface area (Å²) in [7, 11) is 0. The van der Waals surface area contributed by atoms with Gasteiger partial charge in [-0.2, -0.15) is 0 Å². The van der Waals surface area contributed by atoms with Gasteiger partial charge in [-0.25, -0.2) is 9.67 Å². The topological polar surface area (TPSA) is 85.8 Å². The maximum absolute atomic E-state index is 12.3. The fraction of sp³-hybridized carbons (Fsp3) is 0.438. The Morgan fingerprint density at radius 1 is 1.28 bits per heavy atom. The van der Waals surface area contributed by atoms with Crippen LogP contribution in [-0.4, -0.2) is 33.3 Å². The molecule has 138 valence electrons. The van der Waals surface area contributed by atoms with E-state index in [1.54, 1.807) is 18.2 Å². The highest BCUT2D eigenvalue weighted by molar-refractivity contribution is 6.37.